The van der Waals surface area contributed by atoms with Crippen molar-refractivity contribution in [1.29, 1.82) is 0 Å². The van der Waals surface area contributed by atoms with Crippen molar-refractivity contribution in [2.75, 3.05) is 32.6 Å². The van der Waals surface area contributed by atoms with Crippen molar-refractivity contribution >= 4 is 17.6 Å². The largest absolute Gasteiger partial charge is 0.466 e. The van der Waals surface area contributed by atoms with Gasteiger partial charge in [0.2, 0.25) is 0 Å². The molecule has 1 heterocycles. The maximum absolute atomic E-state index is 11.7. The van der Waals surface area contributed by atoms with Crippen LogP contribution in [0, 0.1) is 5.92 Å². The second-order valence-corrected chi connectivity index (χ2v) is 5.79. The summed E-state index contributed by atoms with van der Waals surface area (Å²) in [6.45, 7) is 2.18. The van der Waals surface area contributed by atoms with Crippen molar-refractivity contribution in [3.63, 3.8) is 0 Å². The molecule has 1 aromatic carbocycles. The van der Waals surface area contributed by atoms with E-state index in [1.54, 1.807) is 0 Å². The van der Waals surface area contributed by atoms with Crippen molar-refractivity contribution < 1.29 is 19.1 Å². The molecule has 0 aliphatic carbocycles. The minimum absolute atomic E-state index is 0.0375. The van der Waals surface area contributed by atoms with Crippen LogP contribution in [0.15, 0.2) is 36.0 Å². The molecular formula is C18H24N2O4. The van der Waals surface area contributed by atoms with Gasteiger partial charge in [-0.05, 0) is 56.0 Å². The fourth-order valence-corrected chi connectivity index (χ4v) is 2.73. The monoisotopic (exact) mass is 332 g/mol. The number of ether oxygens (including phenoxy) is 2. The summed E-state index contributed by atoms with van der Waals surface area (Å²) >= 11 is 0. The summed E-state index contributed by atoms with van der Waals surface area (Å²) in [4.78, 5) is 23.1. The Kier molecular flexibility index (Phi) is 6.81. The standard InChI is InChI=1S/C18H24N2O4/c1-23-17(21)12-16(18(22)24-2)20-15-5-3-13(4-6-15)11-14-7-9-19-10-8-14/h3-6,12,14,19-20H,7-11H2,1-2H3/b16-12+. The van der Waals surface area contributed by atoms with E-state index in [9.17, 15) is 9.59 Å². The van der Waals surface area contributed by atoms with Gasteiger partial charge in [0.25, 0.3) is 0 Å². The van der Waals surface area contributed by atoms with Gasteiger partial charge in [-0.1, -0.05) is 12.1 Å². The lowest BCUT2D eigenvalue weighted by Gasteiger charge is -2.22. The molecule has 1 fully saturated rings. The van der Waals surface area contributed by atoms with E-state index in [1.807, 2.05) is 24.3 Å². The van der Waals surface area contributed by atoms with Crippen LogP contribution < -0.4 is 10.6 Å². The molecule has 2 N–H and O–H groups in total. The van der Waals surface area contributed by atoms with E-state index in [1.165, 1.54) is 32.6 Å². The van der Waals surface area contributed by atoms with Gasteiger partial charge in [-0.15, -0.1) is 0 Å². The van der Waals surface area contributed by atoms with Crippen LogP contribution in [0.25, 0.3) is 0 Å². The average molecular weight is 332 g/mol. The molecule has 2 rings (SSSR count). The molecular weight excluding hydrogens is 308 g/mol. The third kappa shape index (κ3) is 5.38. The molecule has 1 aliphatic rings. The summed E-state index contributed by atoms with van der Waals surface area (Å²) in [5.41, 5.74) is 2.02. The number of methoxy groups -OCH3 is 2. The molecule has 0 saturated carbocycles. The van der Waals surface area contributed by atoms with Gasteiger partial charge in [0.05, 0.1) is 20.3 Å². The number of rotatable bonds is 6. The van der Waals surface area contributed by atoms with Crippen molar-refractivity contribution in [3.05, 3.63) is 41.6 Å². The predicted molar refractivity (Wildman–Crippen MR) is 91.5 cm³/mol. The Bertz CT molecular complexity index is 590. The lowest BCUT2D eigenvalue weighted by molar-refractivity contribution is -0.138. The summed E-state index contributed by atoms with van der Waals surface area (Å²) in [6, 6.07) is 7.86. The number of anilines is 1. The lowest BCUT2D eigenvalue weighted by atomic mass is 9.91. The van der Waals surface area contributed by atoms with Gasteiger partial charge in [-0.3, -0.25) is 0 Å². The van der Waals surface area contributed by atoms with Crippen LogP contribution in [0.1, 0.15) is 18.4 Å². The number of carbonyl (C=O) groups is 2. The van der Waals surface area contributed by atoms with E-state index in [-0.39, 0.29) is 5.70 Å². The van der Waals surface area contributed by atoms with Crippen LogP contribution in [0.5, 0.6) is 0 Å². The van der Waals surface area contributed by atoms with Crippen molar-refractivity contribution in [2.45, 2.75) is 19.3 Å². The van der Waals surface area contributed by atoms with Crippen molar-refractivity contribution in [1.82, 2.24) is 5.32 Å². The average Bonchev–Trinajstić information content (AvgIpc) is 2.62. The van der Waals surface area contributed by atoms with Crippen LogP contribution in [-0.4, -0.2) is 39.2 Å². The van der Waals surface area contributed by atoms with Gasteiger partial charge in [-0.2, -0.15) is 0 Å². The quantitative estimate of drug-likeness (QED) is 0.612. The van der Waals surface area contributed by atoms with Gasteiger partial charge in [0.1, 0.15) is 5.70 Å². The summed E-state index contributed by atoms with van der Waals surface area (Å²) in [6.07, 6.45) is 4.54. The SMILES string of the molecule is COC(=O)/C=C(/Nc1ccc(CC2CCNCC2)cc1)C(=O)OC. The highest BCUT2D eigenvalue weighted by molar-refractivity contribution is 5.98. The Hall–Kier alpha value is -2.34. The van der Waals surface area contributed by atoms with Crippen molar-refractivity contribution in [3.8, 4) is 0 Å². The first-order valence-electron chi connectivity index (χ1n) is 8.07. The highest BCUT2D eigenvalue weighted by Crippen LogP contribution is 2.20. The van der Waals surface area contributed by atoms with E-state index in [0.29, 0.717) is 5.69 Å². The molecule has 6 nitrogen and oxygen atoms in total. The lowest BCUT2D eigenvalue weighted by Crippen LogP contribution is -2.28. The number of piperidine rings is 1. The van der Waals surface area contributed by atoms with Gasteiger partial charge < -0.3 is 20.1 Å². The highest BCUT2D eigenvalue weighted by Gasteiger charge is 2.15. The Labute approximate surface area is 142 Å². The molecule has 1 aliphatic heterocycles. The Balaban J connectivity index is 2.01. The minimum atomic E-state index is -0.626. The van der Waals surface area contributed by atoms with Gasteiger partial charge in [-0.25, -0.2) is 9.59 Å². The van der Waals surface area contributed by atoms with Crippen LogP contribution in [0.4, 0.5) is 5.69 Å². The number of carbonyl (C=O) groups excluding carboxylic acids is 2. The molecule has 24 heavy (non-hydrogen) atoms. The minimum Gasteiger partial charge on any atom is -0.466 e. The van der Waals surface area contributed by atoms with Crippen LogP contribution in [0.3, 0.4) is 0 Å². The normalized spacial score (nSPS) is 15.7. The zero-order chi connectivity index (χ0) is 17.4. The van der Waals surface area contributed by atoms with E-state index in [2.05, 4.69) is 20.1 Å². The molecule has 0 atom stereocenters. The van der Waals surface area contributed by atoms with Gasteiger partial charge >= 0.3 is 11.9 Å². The summed E-state index contributed by atoms with van der Waals surface area (Å²) in [5.74, 6) is -0.528. The smallest absolute Gasteiger partial charge is 0.354 e. The first-order chi connectivity index (χ1) is 11.6. The number of benzene rings is 1. The fourth-order valence-electron chi connectivity index (χ4n) is 2.73. The number of esters is 2. The zero-order valence-corrected chi connectivity index (χ0v) is 14.1. The number of hydrogen-bond donors (Lipinski definition) is 2. The summed E-state index contributed by atoms with van der Waals surface area (Å²) in [5, 5.41) is 6.27. The molecule has 0 bridgehead atoms. The molecule has 6 heteroatoms. The van der Waals surface area contributed by atoms with Crippen LogP contribution in [0.2, 0.25) is 0 Å². The molecule has 0 radical (unpaired) electrons. The fraction of sp³-hybridized carbons (Fsp3) is 0.444. The molecule has 0 spiro atoms. The molecule has 1 saturated heterocycles. The molecule has 1 aromatic rings. The van der Waals surface area contributed by atoms with Crippen molar-refractivity contribution in [2.24, 2.45) is 5.92 Å². The van der Waals surface area contributed by atoms with Gasteiger partial charge in [0.15, 0.2) is 0 Å². The highest BCUT2D eigenvalue weighted by atomic mass is 16.5. The first-order valence-corrected chi connectivity index (χ1v) is 8.07. The maximum Gasteiger partial charge on any atom is 0.354 e. The second-order valence-electron chi connectivity index (χ2n) is 5.79. The van der Waals surface area contributed by atoms with E-state index in [4.69, 9.17) is 0 Å². The maximum atomic E-state index is 11.7. The van der Waals surface area contributed by atoms with E-state index >= 15 is 0 Å². The number of hydrogen-bond acceptors (Lipinski definition) is 6. The molecule has 0 unspecified atom stereocenters. The molecule has 130 valence electrons. The first kappa shape index (κ1) is 18.0. The topological polar surface area (TPSA) is 76.7 Å². The van der Waals surface area contributed by atoms with Crippen LogP contribution >= 0.6 is 0 Å². The zero-order valence-electron chi connectivity index (χ0n) is 14.1. The van der Waals surface area contributed by atoms with Gasteiger partial charge in [0, 0.05) is 5.69 Å². The Morgan fingerprint density at radius 2 is 1.83 bits per heavy atom. The third-order valence-electron chi connectivity index (χ3n) is 4.08. The third-order valence-corrected chi connectivity index (χ3v) is 4.08. The Morgan fingerprint density at radius 3 is 2.42 bits per heavy atom. The number of nitrogens with one attached hydrogen (secondary N) is 2. The van der Waals surface area contributed by atoms with Crippen LogP contribution in [-0.2, 0) is 25.5 Å². The second kappa shape index (κ2) is 9.08. The molecule has 0 aromatic heterocycles. The Morgan fingerprint density at radius 1 is 1.17 bits per heavy atom. The summed E-state index contributed by atoms with van der Waals surface area (Å²) < 4.78 is 9.22. The summed E-state index contributed by atoms with van der Waals surface area (Å²) in [7, 11) is 2.51. The molecule has 0 amide bonds. The van der Waals surface area contributed by atoms with E-state index in [0.717, 1.165) is 31.5 Å². The predicted octanol–water partition coefficient (Wildman–Crippen LogP) is 1.87. The van der Waals surface area contributed by atoms with E-state index < -0.39 is 11.9 Å².